The van der Waals surface area contributed by atoms with Crippen molar-refractivity contribution in [2.24, 2.45) is 0 Å². The fourth-order valence-corrected chi connectivity index (χ4v) is 4.43. The van der Waals surface area contributed by atoms with E-state index in [1.807, 2.05) is 42.5 Å². The molecule has 0 aliphatic carbocycles. The predicted octanol–water partition coefficient (Wildman–Crippen LogP) is 4.08. The van der Waals surface area contributed by atoms with Gasteiger partial charge in [0.15, 0.2) is 0 Å². The number of benzene rings is 3. The second-order valence-electron chi connectivity index (χ2n) is 8.14. The molecule has 3 aromatic carbocycles. The number of amides is 3. The van der Waals surface area contributed by atoms with Crippen molar-refractivity contribution in [3.8, 4) is 0 Å². The molecule has 7 heteroatoms. The van der Waals surface area contributed by atoms with Crippen LogP contribution in [0.4, 0.5) is 28.4 Å². The molecule has 166 valence electrons. The smallest absolute Gasteiger partial charge is 0.244 e. The molecule has 3 amide bonds. The Morgan fingerprint density at radius 1 is 0.848 bits per heavy atom. The first-order chi connectivity index (χ1) is 16.1. The quantitative estimate of drug-likeness (QED) is 0.626. The molecule has 2 heterocycles. The van der Waals surface area contributed by atoms with Crippen LogP contribution in [0.5, 0.6) is 0 Å². The van der Waals surface area contributed by atoms with Crippen molar-refractivity contribution >= 4 is 46.2 Å². The molecule has 2 aliphatic rings. The monoisotopic (exact) mass is 440 g/mol. The summed E-state index contributed by atoms with van der Waals surface area (Å²) in [5.41, 5.74) is 5.34. The Bertz CT molecular complexity index is 1240. The SMILES string of the molecule is O=C1CN(C(=O)CCC(=O)Nc2ccccc2N2CCc3ccccc32)c2ccccc2N1. The van der Waals surface area contributed by atoms with Crippen LogP contribution in [0.25, 0.3) is 0 Å². The van der Waals surface area contributed by atoms with E-state index < -0.39 is 0 Å². The highest BCUT2D eigenvalue weighted by Crippen LogP contribution is 2.38. The predicted molar refractivity (Wildman–Crippen MR) is 129 cm³/mol. The van der Waals surface area contributed by atoms with E-state index in [-0.39, 0.29) is 37.1 Å². The molecule has 0 spiro atoms. The third kappa shape index (κ3) is 4.17. The molecule has 2 aliphatic heterocycles. The first-order valence-corrected chi connectivity index (χ1v) is 11.0. The minimum absolute atomic E-state index is 0.0160. The lowest BCUT2D eigenvalue weighted by atomic mass is 10.1. The topological polar surface area (TPSA) is 81.8 Å². The molecule has 0 bridgehead atoms. The van der Waals surface area contributed by atoms with Gasteiger partial charge in [-0.2, -0.15) is 0 Å². The molecule has 7 nitrogen and oxygen atoms in total. The van der Waals surface area contributed by atoms with Crippen molar-refractivity contribution in [1.29, 1.82) is 0 Å². The first kappa shape index (κ1) is 20.8. The summed E-state index contributed by atoms with van der Waals surface area (Å²) < 4.78 is 0. The Labute approximate surface area is 192 Å². The Kier molecular flexibility index (Phi) is 5.52. The number of carbonyl (C=O) groups excluding carboxylic acids is 3. The van der Waals surface area contributed by atoms with Crippen molar-refractivity contribution in [3.05, 3.63) is 78.4 Å². The van der Waals surface area contributed by atoms with Gasteiger partial charge in [0.1, 0.15) is 6.54 Å². The summed E-state index contributed by atoms with van der Waals surface area (Å²) in [6, 6.07) is 23.1. The second kappa shape index (κ2) is 8.78. The molecule has 0 saturated heterocycles. The third-order valence-corrected chi connectivity index (χ3v) is 5.99. The number of carbonyl (C=O) groups is 3. The van der Waals surface area contributed by atoms with Crippen LogP contribution in [-0.4, -0.2) is 30.8 Å². The van der Waals surface area contributed by atoms with Gasteiger partial charge in [0.05, 0.1) is 22.7 Å². The molecule has 5 rings (SSSR count). The summed E-state index contributed by atoms with van der Waals surface area (Å²) in [6.07, 6.45) is 1.00. The lowest BCUT2D eigenvalue weighted by molar-refractivity contribution is -0.124. The Morgan fingerprint density at radius 2 is 1.55 bits per heavy atom. The van der Waals surface area contributed by atoms with Crippen molar-refractivity contribution in [1.82, 2.24) is 0 Å². The zero-order valence-corrected chi connectivity index (χ0v) is 18.1. The minimum atomic E-state index is -0.255. The summed E-state index contributed by atoms with van der Waals surface area (Å²) in [5.74, 6) is -0.737. The largest absolute Gasteiger partial charge is 0.339 e. The number of nitrogens with one attached hydrogen (secondary N) is 2. The van der Waals surface area contributed by atoms with Crippen molar-refractivity contribution in [3.63, 3.8) is 0 Å². The maximum Gasteiger partial charge on any atom is 0.244 e. The molecule has 0 saturated carbocycles. The number of hydrogen-bond acceptors (Lipinski definition) is 4. The lowest BCUT2D eigenvalue weighted by Gasteiger charge is -2.29. The number of fused-ring (bicyclic) bond motifs is 2. The summed E-state index contributed by atoms with van der Waals surface area (Å²) in [5, 5.41) is 5.74. The van der Waals surface area contributed by atoms with Crippen LogP contribution in [0.1, 0.15) is 18.4 Å². The van der Waals surface area contributed by atoms with Crippen LogP contribution in [0.15, 0.2) is 72.8 Å². The van der Waals surface area contributed by atoms with E-state index in [4.69, 9.17) is 0 Å². The van der Waals surface area contributed by atoms with Gasteiger partial charge in [-0.05, 0) is 42.3 Å². The molecule has 0 radical (unpaired) electrons. The number of nitrogens with zero attached hydrogens (tertiary/aromatic N) is 2. The normalized spacial score (nSPS) is 14.4. The van der Waals surface area contributed by atoms with Crippen LogP contribution >= 0.6 is 0 Å². The van der Waals surface area contributed by atoms with Gasteiger partial charge in [0.25, 0.3) is 0 Å². The number of para-hydroxylation sites is 5. The summed E-state index contributed by atoms with van der Waals surface area (Å²) >= 11 is 0. The molecule has 33 heavy (non-hydrogen) atoms. The summed E-state index contributed by atoms with van der Waals surface area (Å²) in [4.78, 5) is 41.2. The Morgan fingerprint density at radius 3 is 2.39 bits per heavy atom. The molecule has 2 N–H and O–H groups in total. The van der Waals surface area contributed by atoms with E-state index in [1.165, 1.54) is 10.5 Å². The lowest BCUT2D eigenvalue weighted by Crippen LogP contribution is -2.42. The second-order valence-corrected chi connectivity index (χ2v) is 8.14. The van der Waals surface area contributed by atoms with Crippen LogP contribution in [-0.2, 0) is 20.8 Å². The molecule has 0 atom stereocenters. The van der Waals surface area contributed by atoms with Crippen LogP contribution in [0, 0.1) is 0 Å². The molecule has 0 fully saturated rings. The van der Waals surface area contributed by atoms with Crippen molar-refractivity contribution < 1.29 is 14.4 Å². The zero-order valence-electron chi connectivity index (χ0n) is 18.1. The fraction of sp³-hybridized carbons (Fsp3) is 0.192. The summed E-state index contributed by atoms with van der Waals surface area (Å²) in [6.45, 7) is 0.801. The molecule has 3 aromatic rings. The number of anilines is 5. The van der Waals surface area contributed by atoms with E-state index in [2.05, 4.69) is 27.7 Å². The van der Waals surface area contributed by atoms with Crippen LogP contribution < -0.4 is 20.4 Å². The fourth-order valence-electron chi connectivity index (χ4n) is 4.43. The van der Waals surface area contributed by atoms with E-state index >= 15 is 0 Å². The molecule has 0 unspecified atom stereocenters. The van der Waals surface area contributed by atoms with Gasteiger partial charge in [0, 0.05) is 25.1 Å². The Balaban J connectivity index is 1.26. The van der Waals surface area contributed by atoms with Gasteiger partial charge >= 0.3 is 0 Å². The van der Waals surface area contributed by atoms with E-state index in [9.17, 15) is 14.4 Å². The average molecular weight is 441 g/mol. The summed E-state index contributed by atoms with van der Waals surface area (Å²) in [7, 11) is 0. The van der Waals surface area contributed by atoms with Gasteiger partial charge in [-0.1, -0.05) is 42.5 Å². The molecule has 0 aromatic heterocycles. The highest BCUT2D eigenvalue weighted by atomic mass is 16.2. The maximum atomic E-state index is 12.8. The molecular weight excluding hydrogens is 416 g/mol. The minimum Gasteiger partial charge on any atom is -0.339 e. The Hall–Kier alpha value is -4.13. The van der Waals surface area contributed by atoms with E-state index in [1.54, 1.807) is 18.2 Å². The standard InChI is InChI=1S/C26H24N4O3/c31-24(13-14-26(33)30-17-25(32)28-20-9-3-6-12-23(20)30)27-19-8-2-5-11-22(19)29-16-15-18-7-1-4-10-21(18)29/h1-12H,13-17H2,(H,27,31)(H,28,32). The molecular formula is C26H24N4O3. The van der Waals surface area contributed by atoms with Gasteiger partial charge in [-0.25, -0.2) is 0 Å². The van der Waals surface area contributed by atoms with Gasteiger partial charge in [0.2, 0.25) is 17.7 Å². The van der Waals surface area contributed by atoms with Crippen LogP contribution in [0.3, 0.4) is 0 Å². The zero-order chi connectivity index (χ0) is 22.8. The van der Waals surface area contributed by atoms with Crippen molar-refractivity contribution in [2.75, 3.05) is 33.5 Å². The maximum absolute atomic E-state index is 12.8. The van der Waals surface area contributed by atoms with Crippen LogP contribution in [0.2, 0.25) is 0 Å². The highest BCUT2D eigenvalue weighted by molar-refractivity contribution is 6.10. The van der Waals surface area contributed by atoms with Gasteiger partial charge in [-0.3, -0.25) is 14.4 Å². The number of rotatable bonds is 5. The third-order valence-electron chi connectivity index (χ3n) is 5.99. The highest BCUT2D eigenvalue weighted by Gasteiger charge is 2.27. The average Bonchev–Trinajstić information content (AvgIpc) is 3.26. The van der Waals surface area contributed by atoms with E-state index in [0.29, 0.717) is 17.1 Å². The van der Waals surface area contributed by atoms with Gasteiger partial charge in [-0.15, -0.1) is 0 Å². The van der Waals surface area contributed by atoms with E-state index in [0.717, 1.165) is 24.3 Å². The number of hydrogen-bond donors (Lipinski definition) is 2. The van der Waals surface area contributed by atoms with Gasteiger partial charge < -0.3 is 20.4 Å². The van der Waals surface area contributed by atoms with Crippen molar-refractivity contribution in [2.45, 2.75) is 19.3 Å². The first-order valence-electron chi connectivity index (χ1n) is 11.0.